The number of nitrogens with zero attached hydrogens (tertiary/aromatic N) is 2. The highest BCUT2D eigenvalue weighted by Gasteiger charge is 2.35. The molecule has 2 aromatic rings. The largest absolute Gasteiger partial charge is 0.372 e. The molecule has 28 heavy (non-hydrogen) atoms. The van der Waals surface area contributed by atoms with E-state index in [4.69, 9.17) is 0 Å². The molecule has 2 aromatic carbocycles. The van der Waals surface area contributed by atoms with Gasteiger partial charge in [-0.1, -0.05) is 17.7 Å². The van der Waals surface area contributed by atoms with E-state index in [9.17, 15) is 9.59 Å². The van der Waals surface area contributed by atoms with E-state index in [1.807, 2.05) is 43.3 Å². The molecular formula is C23H27N3O2. The van der Waals surface area contributed by atoms with Gasteiger partial charge in [0.25, 0.3) is 0 Å². The van der Waals surface area contributed by atoms with Gasteiger partial charge in [-0.25, -0.2) is 0 Å². The smallest absolute Gasteiger partial charge is 0.229 e. The zero-order chi connectivity index (χ0) is 19.5. The number of nitrogens with one attached hydrogen (secondary N) is 1. The third-order valence-electron chi connectivity index (χ3n) is 5.70. The van der Waals surface area contributed by atoms with Crippen LogP contribution < -0.4 is 15.1 Å². The summed E-state index contributed by atoms with van der Waals surface area (Å²) < 4.78 is 0. The Kier molecular flexibility index (Phi) is 5.33. The van der Waals surface area contributed by atoms with Crippen molar-refractivity contribution in [2.24, 2.45) is 5.92 Å². The van der Waals surface area contributed by atoms with Crippen LogP contribution in [0.5, 0.6) is 0 Å². The van der Waals surface area contributed by atoms with Crippen molar-refractivity contribution in [2.75, 3.05) is 34.8 Å². The average Bonchev–Trinajstić information content (AvgIpc) is 3.12. The van der Waals surface area contributed by atoms with Gasteiger partial charge in [0.05, 0.1) is 5.92 Å². The summed E-state index contributed by atoms with van der Waals surface area (Å²) in [5.74, 6) is -0.409. The van der Waals surface area contributed by atoms with Gasteiger partial charge in [-0.15, -0.1) is 0 Å². The Balaban J connectivity index is 1.37. The average molecular weight is 377 g/mol. The van der Waals surface area contributed by atoms with Crippen molar-refractivity contribution in [3.05, 3.63) is 54.1 Å². The number of piperidine rings is 1. The zero-order valence-corrected chi connectivity index (χ0v) is 16.4. The van der Waals surface area contributed by atoms with Crippen LogP contribution in [0.25, 0.3) is 0 Å². The molecule has 4 rings (SSSR count). The van der Waals surface area contributed by atoms with Crippen LogP contribution in [0.1, 0.15) is 31.2 Å². The normalized spacial score (nSPS) is 19.8. The number of carbonyl (C=O) groups excluding carboxylic acids is 2. The van der Waals surface area contributed by atoms with Crippen molar-refractivity contribution < 1.29 is 9.59 Å². The first kappa shape index (κ1) is 18.5. The van der Waals surface area contributed by atoms with Crippen LogP contribution in [0.3, 0.4) is 0 Å². The standard InChI is InChI=1S/C23H27N3O2/c1-17-5-9-21(10-6-17)26-16-18(15-22(26)27)23(28)24-19-7-11-20(12-8-19)25-13-3-2-4-14-25/h5-12,18H,2-4,13-16H2,1H3,(H,24,28)/t18-/m1/s1. The van der Waals surface area contributed by atoms with Gasteiger partial charge in [0.15, 0.2) is 0 Å². The highest BCUT2D eigenvalue weighted by Crippen LogP contribution is 2.27. The van der Waals surface area contributed by atoms with Crippen molar-refractivity contribution in [1.82, 2.24) is 0 Å². The van der Waals surface area contributed by atoms with Crippen molar-refractivity contribution in [3.8, 4) is 0 Å². The molecule has 2 heterocycles. The Hall–Kier alpha value is -2.82. The molecule has 1 atom stereocenters. The van der Waals surface area contributed by atoms with Crippen molar-refractivity contribution in [1.29, 1.82) is 0 Å². The zero-order valence-electron chi connectivity index (χ0n) is 16.4. The Morgan fingerprint density at radius 2 is 1.57 bits per heavy atom. The molecule has 146 valence electrons. The van der Waals surface area contributed by atoms with Crippen LogP contribution in [0, 0.1) is 12.8 Å². The number of amides is 2. The van der Waals surface area contributed by atoms with E-state index < -0.39 is 0 Å². The van der Waals surface area contributed by atoms with Crippen LogP contribution >= 0.6 is 0 Å². The second-order valence-electron chi connectivity index (χ2n) is 7.82. The SMILES string of the molecule is Cc1ccc(N2C[C@H](C(=O)Nc3ccc(N4CCCCC4)cc3)CC2=O)cc1. The van der Waals surface area contributed by atoms with E-state index >= 15 is 0 Å². The maximum absolute atomic E-state index is 12.7. The van der Waals surface area contributed by atoms with Gasteiger partial charge < -0.3 is 15.1 Å². The summed E-state index contributed by atoms with van der Waals surface area (Å²) in [6, 6.07) is 15.9. The minimum atomic E-state index is -0.324. The first-order valence-corrected chi connectivity index (χ1v) is 10.1. The predicted molar refractivity (Wildman–Crippen MR) is 113 cm³/mol. The summed E-state index contributed by atoms with van der Waals surface area (Å²) in [6.07, 6.45) is 4.05. The maximum Gasteiger partial charge on any atom is 0.229 e. The second kappa shape index (κ2) is 8.05. The molecule has 0 aliphatic carbocycles. The summed E-state index contributed by atoms with van der Waals surface area (Å²) in [5, 5.41) is 2.98. The lowest BCUT2D eigenvalue weighted by atomic mass is 10.1. The molecule has 0 unspecified atom stereocenters. The summed E-state index contributed by atoms with van der Waals surface area (Å²) in [7, 11) is 0. The van der Waals surface area contributed by atoms with E-state index in [2.05, 4.69) is 22.3 Å². The number of carbonyl (C=O) groups is 2. The number of rotatable bonds is 4. The Morgan fingerprint density at radius 1 is 0.929 bits per heavy atom. The minimum Gasteiger partial charge on any atom is -0.372 e. The van der Waals surface area contributed by atoms with Crippen LogP contribution in [-0.2, 0) is 9.59 Å². The molecule has 0 spiro atoms. The van der Waals surface area contributed by atoms with Crippen molar-refractivity contribution >= 4 is 28.9 Å². The maximum atomic E-state index is 12.7. The third-order valence-corrected chi connectivity index (χ3v) is 5.70. The molecule has 5 heteroatoms. The monoisotopic (exact) mass is 377 g/mol. The molecule has 2 saturated heterocycles. The topological polar surface area (TPSA) is 52.7 Å². The van der Waals surface area contributed by atoms with Crippen LogP contribution in [0.15, 0.2) is 48.5 Å². The Morgan fingerprint density at radius 3 is 2.25 bits per heavy atom. The Bertz CT molecular complexity index is 839. The number of aryl methyl sites for hydroxylation is 1. The van der Waals surface area contributed by atoms with E-state index in [1.54, 1.807) is 4.90 Å². The lowest BCUT2D eigenvalue weighted by Crippen LogP contribution is -2.29. The highest BCUT2D eigenvalue weighted by molar-refractivity contribution is 6.03. The quantitative estimate of drug-likeness (QED) is 0.877. The molecule has 5 nitrogen and oxygen atoms in total. The van der Waals surface area contributed by atoms with Gasteiger partial charge in [0.2, 0.25) is 11.8 Å². The van der Waals surface area contributed by atoms with Gasteiger partial charge >= 0.3 is 0 Å². The first-order valence-electron chi connectivity index (χ1n) is 10.1. The number of hydrogen-bond donors (Lipinski definition) is 1. The fourth-order valence-electron chi connectivity index (χ4n) is 4.01. The molecule has 2 fully saturated rings. The fraction of sp³-hybridized carbons (Fsp3) is 0.391. The molecule has 0 radical (unpaired) electrons. The van der Waals surface area contributed by atoms with Crippen LogP contribution in [0.2, 0.25) is 0 Å². The van der Waals surface area contributed by atoms with Gasteiger partial charge in [-0.05, 0) is 62.6 Å². The van der Waals surface area contributed by atoms with Gasteiger partial charge in [-0.2, -0.15) is 0 Å². The Labute approximate surface area is 166 Å². The van der Waals surface area contributed by atoms with E-state index in [0.717, 1.165) is 30.0 Å². The first-order chi connectivity index (χ1) is 13.6. The van der Waals surface area contributed by atoms with E-state index in [0.29, 0.717) is 6.54 Å². The number of anilines is 3. The van der Waals surface area contributed by atoms with E-state index in [1.165, 1.54) is 24.9 Å². The molecule has 0 bridgehead atoms. The van der Waals surface area contributed by atoms with Crippen LogP contribution in [0.4, 0.5) is 17.1 Å². The lowest BCUT2D eigenvalue weighted by molar-refractivity contribution is -0.122. The second-order valence-corrected chi connectivity index (χ2v) is 7.82. The molecule has 0 aromatic heterocycles. The molecule has 1 N–H and O–H groups in total. The van der Waals surface area contributed by atoms with Crippen molar-refractivity contribution in [3.63, 3.8) is 0 Å². The van der Waals surface area contributed by atoms with Crippen molar-refractivity contribution in [2.45, 2.75) is 32.6 Å². The minimum absolute atomic E-state index is 0.00412. The molecule has 2 aliphatic heterocycles. The molecule has 2 amide bonds. The van der Waals surface area contributed by atoms with Gasteiger partial charge in [0, 0.05) is 43.1 Å². The van der Waals surface area contributed by atoms with E-state index in [-0.39, 0.29) is 24.2 Å². The summed E-state index contributed by atoms with van der Waals surface area (Å²) in [4.78, 5) is 29.2. The van der Waals surface area contributed by atoms with Crippen LogP contribution in [-0.4, -0.2) is 31.4 Å². The predicted octanol–water partition coefficient (Wildman–Crippen LogP) is 3.98. The third kappa shape index (κ3) is 4.03. The van der Waals surface area contributed by atoms with Gasteiger partial charge in [0.1, 0.15) is 0 Å². The summed E-state index contributed by atoms with van der Waals surface area (Å²) in [6.45, 7) is 4.65. The number of benzene rings is 2. The lowest BCUT2D eigenvalue weighted by Gasteiger charge is -2.28. The summed E-state index contributed by atoms with van der Waals surface area (Å²) >= 11 is 0. The highest BCUT2D eigenvalue weighted by atomic mass is 16.2. The van der Waals surface area contributed by atoms with Gasteiger partial charge in [-0.3, -0.25) is 9.59 Å². The summed E-state index contributed by atoms with van der Waals surface area (Å²) in [5.41, 5.74) is 4.00. The molecule has 2 aliphatic rings. The molecule has 0 saturated carbocycles. The number of hydrogen-bond acceptors (Lipinski definition) is 3. The fourth-order valence-corrected chi connectivity index (χ4v) is 4.01. The molecular weight excluding hydrogens is 350 g/mol.